The highest BCUT2D eigenvalue weighted by atomic mass is 35.5. The zero-order valence-corrected chi connectivity index (χ0v) is 16.6. The number of carbonyl (C=O) groups is 1. The quantitative estimate of drug-likeness (QED) is 0.884. The third-order valence-corrected chi connectivity index (χ3v) is 4.42. The molecule has 3 rings (SSSR count). The molecular formula is C19H27ClN4O2. The number of halogens is 1. The van der Waals surface area contributed by atoms with Crippen molar-refractivity contribution < 1.29 is 9.32 Å². The van der Waals surface area contributed by atoms with Crippen molar-refractivity contribution in [3.63, 3.8) is 0 Å². The molecule has 2 aromatic rings. The van der Waals surface area contributed by atoms with Crippen LogP contribution in [0.15, 0.2) is 28.8 Å². The first-order chi connectivity index (χ1) is 11.8. The van der Waals surface area contributed by atoms with E-state index in [9.17, 15) is 4.79 Å². The van der Waals surface area contributed by atoms with Crippen molar-refractivity contribution in [1.82, 2.24) is 20.4 Å². The van der Waals surface area contributed by atoms with Crippen LogP contribution in [0, 0.1) is 5.41 Å². The van der Waals surface area contributed by atoms with Gasteiger partial charge in [-0.1, -0.05) is 38.1 Å². The second-order valence-electron chi connectivity index (χ2n) is 7.89. The molecule has 6 nitrogen and oxygen atoms in total. The van der Waals surface area contributed by atoms with E-state index in [0.717, 1.165) is 31.5 Å². The number of carbonyl (C=O) groups excluding carboxylic acids is 1. The maximum atomic E-state index is 12.7. The van der Waals surface area contributed by atoms with Crippen molar-refractivity contribution in [3.8, 4) is 11.4 Å². The molecule has 0 saturated carbocycles. The topological polar surface area (TPSA) is 71.3 Å². The monoisotopic (exact) mass is 378 g/mol. The van der Waals surface area contributed by atoms with Crippen LogP contribution in [-0.2, 0) is 6.42 Å². The van der Waals surface area contributed by atoms with Gasteiger partial charge in [-0.15, -0.1) is 12.4 Å². The fourth-order valence-corrected chi connectivity index (χ4v) is 3.03. The number of rotatable bonds is 4. The molecule has 1 saturated heterocycles. The van der Waals surface area contributed by atoms with Gasteiger partial charge in [0.25, 0.3) is 5.91 Å². The van der Waals surface area contributed by atoms with Crippen LogP contribution in [-0.4, -0.2) is 47.1 Å². The molecule has 1 fully saturated rings. The Kier molecular flexibility index (Phi) is 6.42. The molecule has 0 radical (unpaired) electrons. The average Bonchev–Trinajstić information content (AvgIpc) is 3.24. The summed E-state index contributed by atoms with van der Waals surface area (Å²) in [5.74, 6) is 1.17. The third kappa shape index (κ3) is 4.83. The molecule has 1 atom stereocenters. The van der Waals surface area contributed by atoms with Crippen LogP contribution in [0.5, 0.6) is 0 Å². The number of nitrogens with zero attached hydrogens (tertiary/aromatic N) is 3. The lowest BCUT2D eigenvalue weighted by Crippen LogP contribution is -2.38. The van der Waals surface area contributed by atoms with Gasteiger partial charge in [0.1, 0.15) is 0 Å². The fourth-order valence-electron chi connectivity index (χ4n) is 3.03. The number of aromatic nitrogens is 2. The normalized spacial score (nSPS) is 17.0. The molecule has 0 spiro atoms. The van der Waals surface area contributed by atoms with Crippen molar-refractivity contribution in [3.05, 3.63) is 35.7 Å². The molecule has 7 heteroatoms. The van der Waals surface area contributed by atoms with Gasteiger partial charge in [0, 0.05) is 37.2 Å². The van der Waals surface area contributed by atoms with E-state index in [1.807, 2.05) is 36.2 Å². The Labute approximate surface area is 160 Å². The van der Waals surface area contributed by atoms with E-state index in [4.69, 9.17) is 4.52 Å². The standard InChI is InChI=1S/C19H26N4O2.ClH/c1-19(2,3)11-16-21-17(22-25-16)13-6-5-7-14(10-13)18(24)23(4)15-8-9-20-12-15;/h5-7,10,15,20H,8-9,11-12H2,1-4H3;1H. The Hall–Kier alpha value is -1.92. The average molecular weight is 379 g/mol. The summed E-state index contributed by atoms with van der Waals surface area (Å²) in [5.41, 5.74) is 1.53. The lowest BCUT2D eigenvalue weighted by molar-refractivity contribution is 0.0744. The highest BCUT2D eigenvalue weighted by Gasteiger charge is 2.24. The number of benzene rings is 1. The predicted molar refractivity (Wildman–Crippen MR) is 104 cm³/mol. The summed E-state index contributed by atoms with van der Waals surface area (Å²) in [5, 5.41) is 7.36. The fraction of sp³-hybridized carbons (Fsp3) is 0.526. The Morgan fingerprint density at radius 3 is 2.81 bits per heavy atom. The van der Waals surface area contributed by atoms with Crippen LogP contribution in [0.1, 0.15) is 43.4 Å². The minimum absolute atomic E-state index is 0. The van der Waals surface area contributed by atoms with Crippen molar-refractivity contribution >= 4 is 18.3 Å². The summed E-state index contributed by atoms with van der Waals surface area (Å²) < 4.78 is 5.36. The minimum atomic E-state index is 0. The molecule has 1 aromatic carbocycles. The molecule has 1 aromatic heterocycles. The molecule has 1 N–H and O–H groups in total. The molecule has 0 aliphatic carbocycles. The number of hydrogen-bond donors (Lipinski definition) is 1. The smallest absolute Gasteiger partial charge is 0.253 e. The maximum Gasteiger partial charge on any atom is 0.253 e. The van der Waals surface area contributed by atoms with Crippen LogP contribution >= 0.6 is 12.4 Å². The SMILES string of the molecule is CN(C(=O)c1cccc(-c2noc(CC(C)(C)C)n2)c1)C1CCNC1.Cl. The Balaban J connectivity index is 0.00000243. The summed E-state index contributed by atoms with van der Waals surface area (Å²) in [6.45, 7) is 8.20. The number of hydrogen-bond acceptors (Lipinski definition) is 5. The molecule has 142 valence electrons. The molecular weight excluding hydrogens is 352 g/mol. The highest BCUT2D eigenvalue weighted by Crippen LogP contribution is 2.23. The van der Waals surface area contributed by atoms with Gasteiger partial charge in [-0.25, -0.2) is 0 Å². The van der Waals surface area contributed by atoms with Gasteiger partial charge < -0.3 is 14.7 Å². The van der Waals surface area contributed by atoms with Crippen molar-refractivity contribution in [2.24, 2.45) is 5.41 Å². The first-order valence-corrected chi connectivity index (χ1v) is 8.74. The van der Waals surface area contributed by atoms with Crippen LogP contribution in [0.4, 0.5) is 0 Å². The van der Waals surface area contributed by atoms with Gasteiger partial charge in [0.15, 0.2) is 0 Å². The molecule has 1 aliphatic rings. The summed E-state index contributed by atoms with van der Waals surface area (Å²) >= 11 is 0. The first kappa shape index (κ1) is 20.4. The van der Waals surface area contributed by atoms with Gasteiger partial charge in [-0.05, 0) is 30.5 Å². The Bertz CT molecular complexity index is 748. The van der Waals surface area contributed by atoms with E-state index in [0.29, 0.717) is 17.3 Å². The van der Waals surface area contributed by atoms with Crippen molar-refractivity contribution in [1.29, 1.82) is 0 Å². The molecule has 1 aliphatic heterocycles. The number of likely N-dealkylation sites (N-methyl/N-ethyl adjacent to an activating group) is 1. The number of nitrogens with one attached hydrogen (secondary N) is 1. The Morgan fingerprint density at radius 2 is 2.15 bits per heavy atom. The van der Waals surface area contributed by atoms with Crippen molar-refractivity contribution in [2.75, 3.05) is 20.1 Å². The van der Waals surface area contributed by atoms with Gasteiger partial charge in [-0.3, -0.25) is 4.79 Å². The molecule has 0 bridgehead atoms. The van der Waals surface area contributed by atoms with Crippen LogP contribution in [0.25, 0.3) is 11.4 Å². The summed E-state index contributed by atoms with van der Waals surface area (Å²) in [6.07, 6.45) is 1.71. The molecule has 2 heterocycles. The second kappa shape index (κ2) is 8.18. The van der Waals surface area contributed by atoms with E-state index in [-0.39, 0.29) is 29.8 Å². The highest BCUT2D eigenvalue weighted by molar-refractivity contribution is 5.95. The van der Waals surface area contributed by atoms with Gasteiger partial charge in [-0.2, -0.15) is 4.98 Å². The predicted octanol–water partition coefficient (Wildman–Crippen LogP) is 3.18. The first-order valence-electron chi connectivity index (χ1n) is 8.74. The summed E-state index contributed by atoms with van der Waals surface area (Å²) in [6, 6.07) is 7.69. The lowest BCUT2D eigenvalue weighted by Gasteiger charge is -2.23. The van der Waals surface area contributed by atoms with Gasteiger partial charge in [0.05, 0.1) is 0 Å². The molecule has 1 amide bonds. The van der Waals surface area contributed by atoms with Crippen LogP contribution in [0.2, 0.25) is 0 Å². The molecule has 1 unspecified atom stereocenters. The molecule has 26 heavy (non-hydrogen) atoms. The minimum Gasteiger partial charge on any atom is -0.339 e. The van der Waals surface area contributed by atoms with Crippen LogP contribution in [0.3, 0.4) is 0 Å². The third-order valence-electron chi connectivity index (χ3n) is 4.42. The van der Waals surface area contributed by atoms with E-state index < -0.39 is 0 Å². The largest absolute Gasteiger partial charge is 0.339 e. The van der Waals surface area contributed by atoms with E-state index in [1.165, 1.54) is 0 Å². The summed E-state index contributed by atoms with van der Waals surface area (Å²) in [4.78, 5) is 19.0. The Morgan fingerprint density at radius 1 is 1.38 bits per heavy atom. The summed E-state index contributed by atoms with van der Waals surface area (Å²) in [7, 11) is 1.86. The van der Waals surface area contributed by atoms with E-state index in [2.05, 4.69) is 36.2 Å². The van der Waals surface area contributed by atoms with Crippen molar-refractivity contribution in [2.45, 2.75) is 39.7 Å². The lowest BCUT2D eigenvalue weighted by atomic mass is 9.92. The van der Waals surface area contributed by atoms with Crippen LogP contribution < -0.4 is 5.32 Å². The van der Waals surface area contributed by atoms with E-state index in [1.54, 1.807) is 0 Å². The zero-order valence-electron chi connectivity index (χ0n) is 15.8. The zero-order chi connectivity index (χ0) is 18.0. The second-order valence-corrected chi connectivity index (χ2v) is 7.89. The number of amides is 1. The van der Waals surface area contributed by atoms with Gasteiger partial charge in [0.2, 0.25) is 11.7 Å². The maximum absolute atomic E-state index is 12.7. The van der Waals surface area contributed by atoms with Gasteiger partial charge >= 0.3 is 0 Å². The van der Waals surface area contributed by atoms with E-state index >= 15 is 0 Å².